The van der Waals surface area contributed by atoms with Crippen molar-refractivity contribution in [3.05, 3.63) is 23.8 Å². The van der Waals surface area contributed by atoms with Gasteiger partial charge in [0.2, 0.25) is 0 Å². The molecular weight excluding hydrogens is 236 g/mol. The van der Waals surface area contributed by atoms with E-state index in [1.807, 2.05) is 0 Å². The molecule has 0 spiro atoms. The van der Waals surface area contributed by atoms with E-state index < -0.39 is 0 Å². The molecule has 1 aromatic carbocycles. The standard InChI is InChI=1S/C16H24N2O/c1-2-6-16(7-8-16)12-17-11-13-4-3-5-14-15(13)19-10-9-18-14/h3-5,17-18H,2,6-12H2,1H3. The normalized spacial score (nSPS) is 19.2. The van der Waals surface area contributed by atoms with Crippen molar-refractivity contribution in [3.8, 4) is 5.75 Å². The molecule has 1 heterocycles. The molecular formula is C16H24N2O. The minimum Gasteiger partial charge on any atom is -0.489 e. The number of para-hydroxylation sites is 1. The second kappa shape index (κ2) is 5.41. The average molecular weight is 260 g/mol. The molecule has 1 aromatic rings. The lowest BCUT2D eigenvalue weighted by Crippen LogP contribution is -2.25. The van der Waals surface area contributed by atoms with Crippen LogP contribution in [-0.4, -0.2) is 19.7 Å². The Morgan fingerprint density at radius 2 is 2.26 bits per heavy atom. The molecule has 0 saturated heterocycles. The van der Waals surface area contributed by atoms with Gasteiger partial charge in [0.1, 0.15) is 12.4 Å². The summed E-state index contributed by atoms with van der Waals surface area (Å²) < 4.78 is 5.80. The number of hydrogen-bond acceptors (Lipinski definition) is 3. The van der Waals surface area contributed by atoms with Gasteiger partial charge in [-0.3, -0.25) is 0 Å². The highest BCUT2D eigenvalue weighted by atomic mass is 16.5. The number of rotatable bonds is 6. The molecule has 2 N–H and O–H groups in total. The van der Waals surface area contributed by atoms with Crippen molar-refractivity contribution >= 4 is 5.69 Å². The fourth-order valence-corrected chi connectivity index (χ4v) is 3.06. The molecule has 1 fully saturated rings. The van der Waals surface area contributed by atoms with Gasteiger partial charge in [-0.15, -0.1) is 0 Å². The van der Waals surface area contributed by atoms with Gasteiger partial charge in [-0.25, -0.2) is 0 Å². The highest BCUT2D eigenvalue weighted by Gasteiger charge is 2.40. The summed E-state index contributed by atoms with van der Waals surface area (Å²) in [5, 5.41) is 7.02. The summed E-state index contributed by atoms with van der Waals surface area (Å²) in [5.74, 6) is 1.04. The van der Waals surface area contributed by atoms with Gasteiger partial charge in [-0.05, 0) is 30.7 Å². The van der Waals surface area contributed by atoms with Crippen LogP contribution in [0.3, 0.4) is 0 Å². The van der Waals surface area contributed by atoms with E-state index in [1.54, 1.807) is 0 Å². The van der Waals surface area contributed by atoms with Crippen LogP contribution in [0, 0.1) is 5.41 Å². The largest absolute Gasteiger partial charge is 0.489 e. The summed E-state index contributed by atoms with van der Waals surface area (Å²) in [6.45, 7) is 6.02. The molecule has 104 valence electrons. The maximum Gasteiger partial charge on any atom is 0.146 e. The summed E-state index contributed by atoms with van der Waals surface area (Å²) in [5.41, 5.74) is 3.03. The van der Waals surface area contributed by atoms with Crippen molar-refractivity contribution in [2.45, 2.75) is 39.2 Å². The van der Waals surface area contributed by atoms with Crippen molar-refractivity contribution < 1.29 is 4.74 Å². The molecule has 1 aliphatic heterocycles. The average Bonchev–Trinajstić information content (AvgIpc) is 3.19. The van der Waals surface area contributed by atoms with Crippen LogP contribution in [0.5, 0.6) is 5.75 Å². The Morgan fingerprint density at radius 3 is 3.05 bits per heavy atom. The van der Waals surface area contributed by atoms with Crippen molar-refractivity contribution in [3.63, 3.8) is 0 Å². The van der Waals surface area contributed by atoms with E-state index in [-0.39, 0.29) is 0 Å². The zero-order chi connectivity index (χ0) is 13.1. The van der Waals surface area contributed by atoms with E-state index >= 15 is 0 Å². The van der Waals surface area contributed by atoms with Gasteiger partial charge in [0.25, 0.3) is 0 Å². The predicted molar refractivity (Wildman–Crippen MR) is 78.7 cm³/mol. The van der Waals surface area contributed by atoms with E-state index in [2.05, 4.69) is 35.8 Å². The molecule has 0 unspecified atom stereocenters. The lowest BCUT2D eigenvalue weighted by molar-refractivity contribution is 0.318. The first-order chi connectivity index (χ1) is 9.33. The second-order valence-electron chi connectivity index (χ2n) is 5.92. The first-order valence-electron chi connectivity index (χ1n) is 7.52. The van der Waals surface area contributed by atoms with Gasteiger partial charge in [-0.1, -0.05) is 25.5 Å². The molecule has 3 rings (SSSR count). The lowest BCUT2D eigenvalue weighted by Gasteiger charge is -2.22. The van der Waals surface area contributed by atoms with E-state index in [9.17, 15) is 0 Å². The summed E-state index contributed by atoms with van der Waals surface area (Å²) in [4.78, 5) is 0. The molecule has 1 saturated carbocycles. The Morgan fingerprint density at radius 1 is 1.37 bits per heavy atom. The van der Waals surface area contributed by atoms with Crippen LogP contribution in [0.15, 0.2) is 18.2 Å². The van der Waals surface area contributed by atoms with Gasteiger partial charge in [0.15, 0.2) is 0 Å². The Balaban J connectivity index is 1.58. The predicted octanol–water partition coefficient (Wildman–Crippen LogP) is 3.16. The van der Waals surface area contributed by atoms with E-state index in [1.165, 1.54) is 31.2 Å². The van der Waals surface area contributed by atoms with Gasteiger partial charge >= 0.3 is 0 Å². The smallest absolute Gasteiger partial charge is 0.146 e. The summed E-state index contributed by atoms with van der Waals surface area (Å²) in [6, 6.07) is 6.37. The van der Waals surface area contributed by atoms with Crippen LogP contribution < -0.4 is 15.4 Å². The Bertz CT molecular complexity index is 440. The van der Waals surface area contributed by atoms with E-state index in [4.69, 9.17) is 4.74 Å². The Hall–Kier alpha value is -1.22. The molecule has 1 aliphatic carbocycles. The SMILES string of the molecule is CCCC1(CNCc2cccc3c2OCCN3)CC1. The summed E-state index contributed by atoms with van der Waals surface area (Å²) in [7, 11) is 0. The molecule has 0 radical (unpaired) electrons. The fraction of sp³-hybridized carbons (Fsp3) is 0.625. The molecule has 2 aliphatic rings. The van der Waals surface area contributed by atoms with Gasteiger partial charge in [0.05, 0.1) is 5.69 Å². The fourth-order valence-electron chi connectivity index (χ4n) is 3.06. The molecule has 0 atom stereocenters. The zero-order valence-corrected chi connectivity index (χ0v) is 11.8. The topological polar surface area (TPSA) is 33.3 Å². The molecule has 3 nitrogen and oxygen atoms in total. The number of nitrogens with one attached hydrogen (secondary N) is 2. The van der Waals surface area contributed by atoms with Crippen molar-refractivity contribution in [1.29, 1.82) is 0 Å². The highest BCUT2D eigenvalue weighted by molar-refractivity contribution is 5.61. The molecule has 0 bridgehead atoms. The minimum atomic E-state index is 0.614. The molecule has 0 amide bonds. The molecule has 3 heteroatoms. The van der Waals surface area contributed by atoms with Crippen molar-refractivity contribution in [2.75, 3.05) is 25.0 Å². The highest BCUT2D eigenvalue weighted by Crippen LogP contribution is 2.49. The maximum atomic E-state index is 5.80. The first-order valence-corrected chi connectivity index (χ1v) is 7.52. The molecule has 0 aromatic heterocycles. The quantitative estimate of drug-likeness (QED) is 0.824. The van der Waals surface area contributed by atoms with Crippen molar-refractivity contribution in [2.24, 2.45) is 5.41 Å². The maximum absolute atomic E-state index is 5.80. The minimum absolute atomic E-state index is 0.614. The van der Waals surface area contributed by atoms with Crippen LogP contribution in [0.25, 0.3) is 0 Å². The van der Waals surface area contributed by atoms with E-state index in [0.29, 0.717) is 5.41 Å². The van der Waals surface area contributed by atoms with Crippen LogP contribution in [0.2, 0.25) is 0 Å². The summed E-state index contributed by atoms with van der Waals surface area (Å²) >= 11 is 0. The summed E-state index contributed by atoms with van der Waals surface area (Å²) in [6.07, 6.45) is 5.47. The first kappa shape index (κ1) is 12.8. The second-order valence-corrected chi connectivity index (χ2v) is 5.92. The Kier molecular flexibility index (Phi) is 3.65. The zero-order valence-electron chi connectivity index (χ0n) is 11.8. The van der Waals surface area contributed by atoms with Crippen LogP contribution >= 0.6 is 0 Å². The van der Waals surface area contributed by atoms with Crippen molar-refractivity contribution in [1.82, 2.24) is 5.32 Å². The number of hydrogen-bond donors (Lipinski definition) is 2. The van der Waals surface area contributed by atoms with Gasteiger partial charge in [-0.2, -0.15) is 0 Å². The van der Waals surface area contributed by atoms with Gasteiger partial charge in [0, 0.05) is 25.2 Å². The number of ether oxygens (including phenoxy) is 1. The number of anilines is 1. The third-order valence-electron chi connectivity index (χ3n) is 4.31. The number of fused-ring (bicyclic) bond motifs is 1. The van der Waals surface area contributed by atoms with Crippen LogP contribution in [0.1, 0.15) is 38.2 Å². The number of benzene rings is 1. The Labute approximate surface area is 115 Å². The molecule has 19 heavy (non-hydrogen) atoms. The van der Waals surface area contributed by atoms with Crippen LogP contribution in [-0.2, 0) is 6.54 Å². The monoisotopic (exact) mass is 260 g/mol. The lowest BCUT2D eigenvalue weighted by atomic mass is 10.0. The van der Waals surface area contributed by atoms with Gasteiger partial charge < -0.3 is 15.4 Å². The van der Waals surface area contributed by atoms with E-state index in [0.717, 1.165) is 37.7 Å². The van der Waals surface area contributed by atoms with Crippen LogP contribution in [0.4, 0.5) is 5.69 Å². The third-order valence-corrected chi connectivity index (χ3v) is 4.31. The third kappa shape index (κ3) is 2.86.